The number of urea groups is 1. The molecular formula is C20H20F3N3O3. The van der Waals surface area contributed by atoms with Crippen molar-refractivity contribution in [2.75, 3.05) is 26.2 Å². The molecule has 2 aromatic carbocycles. The van der Waals surface area contributed by atoms with Crippen LogP contribution in [0, 0.1) is 0 Å². The molecule has 0 unspecified atom stereocenters. The summed E-state index contributed by atoms with van der Waals surface area (Å²) in [7, 11) is 0. The van der Waals surface area contributed by atoms with Gasteiger partial charge in [0.05, 0.1) is 0 Å². The summed E-state index contributed by atoms with van der Waals surface area (Å²) >= 11 is 0. The van der Waals surface area contributed by atoms with Gasteiger partial charge in [-0.2, -0.15) is 0 Å². The van der Waals surface area contributed by atoms with Crippen LogP contribution in [-0.4, -0.2) is 54.3 Å². The molecule has 1 heterocycles. The second kappa shape index (κ2) is 8.85. The van der Waals surface area contributed by atoms with E-state index in [1.165, 1.54) is 23.1 Å². The molecule has 3 amide bonds. The molecule has 29 heavy (non-hydrogen) atoms. The number of amides is 3. The molecule has 0 bridgehead atoms. The Morgan fingerprint density at radius 1 is 0.897 bits per heavy atom. The molecular weight excluding hydrogens is 387 g/mol. The maximum atomic E-state index is 12.5. The van der Waals surface area contributed by atoms with Gasteiger partial charge in [-0.25, -0.2) is 4.79 Å². The Bertz CT molecular complexity index is 851. The number of carbonyl (C=O) groups excluding carboxylic acids is 2. The average molecular weight is 407 g/mol. The van der Waals surface area contributed by atoms with E-state index in [2.05, 4.69) is 10.1 Å². The van der Waals surface area contributed by atoms with Gasteiger partial charge in [-0.15, -0.1) is 13.2 Å². The summed E-state index contributed by atoms with van der Waals surface area (Å²) in [5, 5.41) is 2.61. The number of nitrogens with one attached hydrogen (secondary N) is 1. The van der Waals surface area contributed by atoms with E-state index in [4.69, 9.17) is 0 Å². The Morgan fingerprint density at radius 3 is 2.14 bits per heavy atom. The first-order chi connectivity index (χ1) is 13.8. The van der Waals surface area contributed by atoms with Crippen molar-refractivity contribution in [3.63, 3.8) is 0 Å². The Hall–Kier alpha value is -3.23. The first-order valence-electron chi connectivity index (χ1n) is 9.04. The highest BCUT2D eigenvalue weighted by Gasteiger charge is 2.32. The fraction of sp³-hybridized carbons (Fsp3) is 0.300. The lowest BCUT2D eigenvalue weighted by Gasteiger charge is -2.34. The number of para-hydroxylation sites is 1. The summed E-state index contributed by atoms with van der Waals surface area (Å²) in [5.74, 6) is -0.442. The standard InChI is InChI=1S/C20H20F3N3O3/c21-20(22,23)29-17-9-5-4-8-16(17)14-24-19(28)26-12-10-25(11-13-26)18(27)15-6-2-1-3-7-15/h1-9H,10-14H2,(H,24,28). The second-order valence-electron chi connectivity index (χ2n) is 6.46. The van der Waals surface area contributed by atoms with Crippen LogP contribution in [0.5, 0.6) is 5.75 Å². The number of benzene rings is 2. The number of halogens is 3. The molecule has 0 atom stereocenters. The zero-order chi connectivity index (χ0) is 20.9. The monoisotopic (exact) mass is 407 g/mol. The van der Waals surface area contributed by atoms with Crippen molar-refractivity contribution in [2.24, 2.45) is 0 Å². The van der Waals surface area contributed by atoms with Crippen molar-refractivity contribution in [1.29, 1.82) is 0 Å². The highest BCUT2D eigenvalue weighted by molar-refractivity contribution is 5.94. The number of ether oxygens (including phenoxy) is 1. The molecule has 9 heteroatoms. The molecule has 6 nitrogen and oxygen atoms in total. The van der Waals surface area contributed by atoms with E-state index >= 15 is 0 Å². The highest BCUT2D eigenvalue weighted by Crippen LogP contribution is 2.26. The molecule has 2 aromatic rings. The topological polar surface area (TPSA) is 61.9 Å². The molecule has 0 aromatic heterocycles. The summed E-state index contributed by atoms with van der Waals surface area (Å²) in [6.07, 6.45) is -4.80. The lowest BCUT2D eigenvalue weighted by molar-refractivity contribution is -0.274. The highest BCUT2D eigenvalue weighted by atomic mass is 19.4. The van der Waals surface area contributed by atoms with Crippen LogP contribution in [0.2, 0.25) is 0 Å². The Labute approximate surface area is 165 Å². The summed E-state index contributed by atoms with van der Waals surface area (Å²) in [6, 6.07) is 14.1. The molecule has 0 aliphatic carbocycles. The zero-order valence-electron chi connectivity index (χ0n) is 15.5. The molecule has 1 saturated heterocycles. The lowest BCUT2D eigenvalue weighted by Crippen LogP contribution is -2.53. The quantitative estimate of drug-likeness (QED) is 0.847. The van der Waals surface area contributed by atoms with Gasteiger partial charge in [-0.1, -0.05) is 36.4 Å². The molecule has 1 N–H and O–H groups in total. The maximum absolute atomic E-state index is 12.5. The third-order valence-electron chi connectivity index (χ3n) is 4.50. The molecule has 0 radical (unpaired) electrons. The first kappa shape index (κ1) is 20.5. The van der Waals surface area contributed by atoms with E-state index in [9.17, 15) is 22.8 Å². The number of hydrogen-bond acceptors (Lipinski definition) is 3. The van der Waals surface area contributed by atoms with Crippen LogP contribution >= 0.6 is 0 Å². The summed E-state index contributed by atoms with van der Waals surface area (Å²) in [4.78, 5) is 28.0. The number of alkyl halides is 3. The molecule has 154 valence electrons. The number of piperazine rings is 1. The predicted octanol–water partition coefficient (Wildman–Crippen LogP) is 3.25. The summed E-state index contributed by atoms with van der Waals surface area (Å²) in [6.45, 7) is 1.34. The van der Waals surface area contributed by atoms with Gasteiger partial charge < -0.3 is 19.9 Å². The van der Waals surface area contributed by atoms with Gasteiger partial charge in [0.1, 0.15) is 5.75 Å². The largest absolute Gasteiger partial charge is 0.573 e. The second-order valence-corrected chi connectivity index (χ2v) is 6.46. The van der Waals surface area contributed by atoms with Crippen LogP contribution in [0.1, 0.15) is 15.9 Å². The Kier molecular flexibility index (Phi) is 6.26. The van der Waals surface area contributed by atoms with Crippen LogP contribution < -0.4 is 10.1 Å². The molecule has 1 fully saturated rings. The minimum Gasteiger partial charge on any atom is -0.405 e. The summed E-state index contributed by atoms with van der Waals surface area (Å²) in [5.41, 5.74) is 0.808. The fourth-order valence-corrected chi connectivity index (χ4v) is 3.03. The SMILES string of the molecule is O=C(NCc1ccccc1OC(F)(F)F)N1CCN(C(=O)c2ccccc2)CC1. The normalized spacial score (nSPS) is 14.4. The van der Waals surface area contributed by atoms with E-state index in [-0.39, 0.29) is 23.8 Å². The van der Waals surface area contributed by atoms with Gasteiger partial charge in [0, 0.05) is 43.9 Å². The fourth-order valence-electron chi connectivity index (χ4n) is 3.03. The van der Waals surface area contributed by atoms with Gasteiger partial charge in [0.15, 0.2) is 0 Å². The number of nitrogens with zero attached hydrogens (tertiary/aromatic N) is 2. The molecule has 0 spiro atoms. The van der Waals surface area contributed by atoms with Crippen LogP contribution in [0.15, 0.2) is 54.6 Å². The third-order valence-corrected chi connectivity index (χ3v) is 4.50. The number of rotatable bonds is 4. The number of hydrogen-bond donors (Lipinski definition) is 1. The summed E-state index contributed by atoms with van der Waals surface area (Å²) < 4.78 is 41.4. The molecule has 1 aliphatic heterocycles. The smallest absolute Gasteiger partial charge is 0.405 e. The van der Waals surface area contributed by atoms with Crippen LogP contribution in [-0.2, 0) is 6.54 Å². The zero-order valence-corrected chi connectivity index (χ0v) is 15.5. The lowest BCUT2D eigenvalue weighted by atomic mass is 10.2. The van der Waals surface area contributed by atoms with E-state index in [0.717, 1.165) is 0 Å². The molecule has 1 aliphatic rings. The van der Waals surface area contributed by atoms with Crippen molar-refractivity contribution in [2.45, 2.75) is 12.9 Å². The maximum Gasteiger partial charge on any atom is 0.573 e. The van der Waals surface area contributed by atoms with Gasteiger partial charge >= 0.3 is 12.4 Å². The van der Waals surface area contributed by atoms with Gasteiger partial charge in [-0.3, -0.25) is 4.79 Å². The van der Waals surface area contributed by atoms with Crippen LogP contribution in [0.25, 0.3) is 0 Å². The van der Waals surface area contributed by atoms with E-state index in [1.54, 1.807) is 35.2 Å². The Balaban J connectivity index is 1.51. The predicted molar refractivity (Wildman–Crippen MR) is 99.3 cm³/mol. The van der Waals surface area contributed by atoms with Crippen molar-refractivity contribution >= 4 is 11.9 Å². The Morgan fingerprint density at radius 2 is 1.48 bits per heavy atom. The first-order valence-corrected chi connectivity index (χ1v) is 9.04. The minimum atomic E-state index is -4.80. The average Bonchev–Trinajstić information content (AvgIpc) is 2.72. The van der Waals surface area contributed by atoms with Gasteiger partial charge in [0.2, 0.25) is 0 Å². The van der Waals surface area contributed by atoms with Crippen molar-refractivity contribution in [3.05, 3.63) is 65.7 Å². The van der Waals surface area contributed by atoms with E-state index in [0.29, 0.717) is 31.7 Å². The number of carbonyl (C=O) groups is 2. The molecule has 3 rings (SSSR count). The van der Waals surface area contributed by atoms with E-state index in [1.807, 2.05) is 6.07 Å². The van der Waals surface area contributed by atoms with Crippen LogP contribution in [0.4, 0.5) is 18.0 Å². The van der Waals surface area contributed by atoms with Gasteiger partial charge in [0.25, 0.3) is 5.91 Å². The van der Waals surface area contributed by atoms with Gasteiger partial charge in [-0.05, 0) is 18.2 Å². The van der Waals surface area contributed by atoms with Crippen molar-refractivity contribution < 1.29 is 27.5 Å². The van der Waals surface area contributed by atoms with Crippen molar-refractivity contribution in [1.82, 2.24) is 15.1 Å². The van der Waals surface area contributed by atoms with E-state index < -0.39 is 12.4 Å². The van der Waals surface area contributed by atoms with Crippen LogP contribution in [0.3, 0.4) is 0 Å². The minimum absolute atomic E-state index is 0.0936. The third kappa shape index (κ3) is 5.63. The molecule has 0 saturated carbocycles. The van der Waals surface area contributed by atoms with Crippen molar-refractivity contribution in [3.8, 4) is 5.75 Å².